The monoisotopic (exact) mass is 617 g/mol. The molecule has 5 aromatic rings. The van der Waals surface area contributed by atoms with E-state index in [0.29, 0.717) is 27.0 Å². The van der Waals surface area contributed by atoms with Crippen LogP contribution in [0.5, 0.6) is 11.5 Å². The number of aromatic hydroxyl groups is 1. The van der Waals surface area contributed by atoms with Crippen LogP contribution in [0.15, 0.2) is 76.8 Å². The Hall–Kier alpha value is -4.75. The fraction of sp³-hybridized carbons (Fsp3) is 0.167. The number of hydrogen-bond acceptors (Lipinski definition) is 10. The zero-order valence-corrected chi connectivity index (χ0v) is 24.5. The number of pyridine rings is 1. The highest BCUT2D eigenvalue weighted by atomic mass is 32.2. The summed E-state index contributed by atoms with van der Waals surface area (Å²) in [5.74, 6) is -2.00. The number of aliphatic hydroxyl groups is 1. The molecule has 1 atom stereocenters. The van der Waals surface area contributed by atoms with Crippen molar-refractivity contribution in [1.29, 1.82) is 0 Å². The molecule has 0 spiro atoms. The number of Topliss-reactive ketones (excluding diaryl/α,β-unsaturated/α-hetero) is 1. The van der Waals surface area contributed by atoms with Gasteiger partial charge in [0, 0.05) is 11.9 Å². The van der Waals surface area contributed by atoms with Crippen LogP contribution in [0.25, 0.3) is 11.4 Å². The zero-order valence-electron chi connectivity index (χ0n) is 22.9. The molecular formula is C30H24FN5O5S2. The third kappa shape index (κ3) is 5.21. The number of ketones is 1. The van der Waals surface area contributed by atoms with Crippen LogP contribution in [0.2, 0.25) is 0 Å². The number of aliphatic hydroxyl groups excluding tert-OH is 1. The van der Waals surface area contributed by atoms with E-state index in [0.717, 1.165) is 16.9 Å². The molecule has 0 aliphatic carbocycles. The van der Waals surface area contributed by atoms with E-state index in [1.807, 2.05) is 0 Å². The van der Waals surface area contributed by atoms with E-state index in [9.17, 15) is 24.2 Å². The van der Waals surface area contributed by atoms with Gasteiger partial charge in [-0.2, -0.15) is 0 Å². The minimum Gasteiger partial charge on any atom is -0.505 e. The van der Waals surface area contributed by atoms with Gasteiger partial charge in [-0.25, -0.2) is 9.37 Å². The second kappa shape index (κ2) is 11.5. The smallest absolute Gasteiger partial charge is 0.301 e. The van der Waals surface area contributed by atoms with E-state index >= 15 is 0 Å². The van der Waals surface area contributed by atoms with E-state index in [1.54, 1.807) is 60.8 Å². The van der Waals surface area contributed by atoms with E-state index in [1.165, 1.54) is 40.9 Å². The van der Waals surface area contributed by atoms with Crippen LogP contribution in [-0.4, -0.2) is 48.1 Å². The lowest BCUT2D eigenvalue weighted by molar-refractivity contribution is -0.132. The molecule has 1 saturated heterocycles. The van der Waals surface area contributed by atoms with Crippen molar-refractivity contribution in [2.75, 3.05) is 11.5 Å². The minimum atomic E-state index is -1.11. The van der Waals surface area contributed by atoms with Crippen molar-refractivity contribution in [2.24, 2.45) is 0 Å². The van der Waals surface area contributed by atoms with Gasteiger partial charge in [-0.05, 0) is 61.4 Å². The number of amides is 1. The number of phenols is 1. The van der Waals surface area contributed by atoms with Crippen molar-refractivity contribution in [3.05, 3.63) is 101 Å². The Kier molecular flexibility index (Phi) is 7.59. The molecule has 4 heterocycles. The number of halogens is 1. The molecular weight excluding hydrogens is 593 g/mol. The Morgan fingerprint density at radius 2 is 1.91 bits per heavy atom. The highest BCUT2D eigenvalue weighted by Gasteiger charge is 2.49. The average molecular weight is 618 g/mol. The molecule has 6 rings (SSSR count). The van der Waals surface area contributed by atoms with Crippen LogP contribution in [0.4, 0.5) is 9.52 Å². The average Bonchev–Trinajstić information content (AvgIpc) is 3.67. The Morgan fingerprint density at radius 1 is 1.12 bits per heavy atom. The summed E-state index contributed by atoms with van der Waals surface area (Å²) in [6.07, 6.45) is 1.71. The van der Waals surface area contributed by atoms with Gasteiger partial charge in [-0.15, -0.1) is 10.2 Å². The fourth-order valence-corrected chi connectivity index (χ4v) is 6.75. The molecule has 218 valence electrons. The van der Waals surface area contributed by atoms with Gasteiger partial charge < -0.3 is 14.9 Å². The van der Waals surface area contributed by atoms with Crippen LogP contribution in [-0.2, 0) is 15.3 Å². The fourth-order valence-electron chi connectivity index (χ4n) is 4.93. The summed E-state index contributed by atoms with van der Waals surface area (Å²) in [4.78, 5) is 33.0. The van der Waals surface area contributed by atoms with Crippen LogP contribution < -0.4 is 9.64 Å². The lowest BCUT2D eigenvalue weighted by Gasteiger charge is -2.23. The molecule has 1 aliphatic heterocycles. The Labute approximate surface area is 253 Å². The standard InChI is InChI=1S/C30H24FN5O5S2/c1-3-41-21-14-18(9-12-20(21)37)25-23(26(38)24-16(2)32-22-6-4-5-13-35(22)24)27(39)28(40)36(25)29-33-34-30(43-29)42-15-17-7-10-19(31)11-8-17/h4-14,25,37-38H,3,15H2,1-2H3. The summed E-state index contributed by atoms with van der Waals surface area (Å²) >= 11 is 2.46. The van der Waals surface area contributed by atoms with Gasteiger partial charge in [-0.3, -0.25) is 18.9 Å². The SMILES string of the molecule is CCOc1cc(C2C(=C(O)c3c(C)nc4ccccn34)C(=O)C(=O)N2c2nnc(SCc3ccc(F)cc3)s2)ccc1O. The molecule has 0 bridgehead atoms. The number of rotatable bonds is 8. The lowest BCUT2D eigenvalue weighted by atomic mass is 9.96. The molecule has 3 aromatic heterocycles. The highest BCUT2D eigenvalue weighted by molar-refractivity contribution is 8.00. The van der Waals surface area contributed by atoms with Crippen LogP contribution in [0, 0.1) is 12.7 Å². The van der Waals surface area contributed by atoms with Gasteiger partial charge in [0.15, 0.2) is 21.6 Å². The van der Waals surface area contributed by atoms with Crippen molar-refractivity contribution >= 4 is 51.3 Å². The first kappa shape index (κ1) is 28.4. The van der Waals surface area contributed by atoms with E-state index in [-0.39, 0.29) is 40.3 Å². The summed E-state index contributed by atoms with van der Waals surface area (Å²) in [5.41, 5.74) is 2.41. The quantitative estimate of drug-likeness (QED) is 0.0745. The summed E-state index contributed by atoms with van der Waals surface area (Å²) in [7, 11) is 0. The number of imidazole rings is 1. The van der Waals surface area contributed by atoms with Gasteiger partial charge in [-0.1, -0.05) is 47.4 Å². The van der Waals surface area contributed by atoms with Crippen LogP contribution in [0.3, 0.4) is 0 Å². The Morgan fingerprint density at radius 3 is 2.67 bits per heavy atom. The lowest BCUT2D eigenvalue weighted by Crippen LogP contribution is -2.29. The molecule has 43 heavy (non-hydrogen) atoms. The number of benzene rings is 2. The third-order valence-electron chi connectivity index (χ3n) is 6.85. The number of ether oxygens (including phenoxy) is 1. The molecule has 2 N–H and O–H groups in total. The van der Waals surface area contributed by atoms with Gasteiger partial charge in [0.2, 0.25) is 5.13 Å². The topological polar surface area (TPSA) is 130 Å². The van der Waals surface area contributed by atoms with Crippen LogP contribution >= 0.6 is 23.1 Å². The van der Waals surface area contributed by atoms with Gasteiger partial charge in [0.25, 0.3) is 5.78 Å². The molecule has 10 nitrogen and oxygen atoms in total. The predicted octanol–water partition coefficient (Wildman–Crippen LogP) is 5.66. The number of fused-ring (bicyclic) bond motifs is 1. The predicted molar refractivity (Wildman–Crippen MR) is 160 cm³/mol. The number of phenolic OH excluding ortho intramolecular Hbond substituents is 1. The summed E-state index contributed by atoms with van der Waals surface area (Å²) in [6.45, 7) is 3.73. The molecule has 1 unspecified atom stereocenters. The van der Waals surface area contributed by atoms with Crippen molar-refractivity contribution in [1.82, 2.24) is 19.6 Å². The van der Waals surface area contributed by atoms with E-state index in [2.05, 4.69) is 15.2 Å². The number of hydrogen-bond donors (Lipinski definition) is 2. The molecule has 1 amide bonds. The van der Waals surface area contributed by atoms with Crippen LogP contribution in [0.1, 0.15) is 35.5 Å². The third-order valence-corrected chi connectivity index (χ3v) is 8.98. The maximum absolute atomic E-state index is 13.7. The highest BCUT2D eigenvalue weighted by Crippen LogP contribution is 2.45. The van der Waals surface area contributed by atoms with Gasteiger partial charge in [0.1, 0.15) is 17.2 Å². The minimum absolute atomic E-state index is 0.115. The molecule has 13 heteroatoms. The first-order chi connectivity index (χ1) is 20.8. The van der Waals surface area contributed by atoms with Crippen molar-refractivity contribution in [2.45, 2.75) is 30.0 Å². The summed E-state index contributed by atoms with van der Waals surface area (Å²) in [5, 5.41) is 30.7. The summed E-state index contributed by atoms with van der Waals surface area (Å²) < 4.78 is 21.0. The second-order valence-electron chi connectivity index (χ2n) is 9.57. The largest absolute Gasteiger partial charge is 0.505 e. The first-order valence-corrected chi connectivity index (χ1v) is 15.0. The molecule has 2 aromatic carbocycles. The maximum Gasteiger partial charge on any atom is 0.301 e. The number of carbonyl (C=O) groups is 2. The Bertz CT molecular complexity index is 1900. The number of aromatic nitrogens is 4. The van der Waals surface area contributed by atoms with E-state index in [4.69, 9.17) is 4.74 Å². The van der Waals surface area contributed by atoms with Crippen molar-refractivity contribution < 1.29 is 28.9 Å². The number of nitrogens with zero attached hydrogens (tertiary/aromatic N) is 5. The maximum atomic E-state index is 13.7. The molecule has 0 radical (unpaired) electrons. The normalized spacial score (nSPS) is 16.3. The number of anilines is 1. The number of thioether (sulfide) groups is 1. The van der Waals surface area contributed by atoms with Gasteiger partial charge >= 0.3 is 5.91 Å². The number of carbonyl (C=O) groups excluding carboxylic acids is 2. The van der Waals surface area contributed by atoms with E-state index < -0.39 is 23.5 Å². The molecule has 1 aliphatic rings. The molecule has 1 fully saturated rings. The first-order valence-electron chi connectivity index (χ1n) is 13.2. The Balaban J connectivity index is 1.46. The number of aryl methyl sites for hydroxylation is 1. The van der Waals surface area contributed by atoms with Crippen molar-refractivity contribution in [3.63, 3.8) is 0 Å². The van der Waals surface area contributed by atoms with Gasteiger partial charge in [0.05, 0.1) is 23.9 Å². The van der Waals surface area contributed by atoms with Crippen molar-refractivity contribution in [3.8, 4) is 11.5 Å². The molecule has 0 saturated carbocycles. The second-order valence-corrected chi connectivity index (χ2v) is 11.7. The summed E-state index contributed by atoms with van der Waals surface area (Å²) in [6, 6.07) is 14.8. The zero-order chi connectivity index (χ0) is 30.2.